The van der Waals surface area contributed by atoms with Crippen LogP contribution in [-0.4, -0.2) is 40.5 Å². The molecular weight excluding hydrogens is 564 g/mol. The molecular formula is C29H21ClN6O4S. The molecule has 2 aromatic heterocycles. The second-order valence-electron chi connectivity index (χ2n) is 9.42. The standard InChI is InChI=1S/C29H21ClN6O4S/c1-18-24(11-6-12-25(18)36(39)40)35-17-21(31-32-35)16-33-14-20(22-8-3-5-10-26(22)33)13-27-28(37)34(29(38)41-27)15-19-7-2-4-9-23(19)30/h2-14,17H,15-16H2,1H3/b27-13-. The lowest BCUT2D eigenvalue weighted by Crippen LogP contribution is -2.27. The third-order valence-electron chi connectivity index (χ3n) is 6.86. The minimum Gasteiger partial charge on any atom is -0.341 e. The van der Waals surface area contributed by atoms with E-state index in [0.717, 1.165) is 28.2 Å². The van der Waals surface area contributed by atoms with E-state index in [4.69, 9.17) is 11.6 Å². The summed E-state index contributed by atoms with van der Waals surface area (Å²) in [4.78, 5) is 38.4. The number of para-hydroxylation sites is 1. The first-order valence-corrected chi connectivity index (χ1v) is 13.7. The van der Waals surface area contributed by atoms with Gasteiger partial charge in [-0.25, -0.2) is 4.68 Å². The van der Waals surface area contributed by atoms with E-state index in [1.807, 2.05) is 41.1 Å². The highest BCUT2D eigenvalue weighted by Gasteiger charge is 2.35. The fourth-order valence-corrected chi connectivity index (χ4v) is 5.84. The van der Waals surface area contributed by atoms with E-state index in [1.54, 1.807) is 49.5 Å². The van der Waals surface area contributed by atoms with Gasteiger partial charge in [0.25, 0.3) is 16.8 Å². The van der Waals surface area contributed by atoms with Crippen molar-refractivity contribution in [2.24, 2.45) is 0 Å². The molecule has 204 valence electrons. The lowest BCUT2D eigenvalue weighted by molar-refractivity contribution is -0.385. The van der Waals surface area contributed by atoms with Crippen molar-refractivity contribution in [1.29, 1.82) is 0 Å². The summed E-state index contributed by atoms with van der Waals surface area (Å²) >= 11 is 7.15. The summed E-state index contributed by atoms with van der Waals surface area (Å²) in [5.74, 6) is -0.369. The molecule has 1 aliphatic rings. The van der Waals surface area contributed by atoms with E-state index in [9.17, 15) is 19.7 Å². The number of rotatable bonds is 7. The van der Waals surface area contributed by atoms with Gasteiger partial charge in [0.05, 0.1) is 40.4 Å². The Kier molecular flexibility index (Phi) is 6.90. The van der Waals surface area contributed by atoms with Crippen LogP contribution in [0.4, 0.5) is 10.5 Å². The van der Waals surface area contributed by atoms with Crippen molar-refractivity contribution in [3.05, 3.63) is 122 Å². The molecule has 12 heteroatoms. The van der Waals surface area contributed by atoms with Crippen LogP contribution in [0.3, 0.4) is 0 Å². The molecule has 0 aliphatic carbocycles. The van der Waals surface area contributed by atoms with Crippen molar-refractivity contribution in [3.63, 3.8) is 0 Å². The van der Waals surface area contributed by atoms with Crippen LogP contribution in [0, 0.1) is 17.0 Å². The Balaban J connectivity index is 1.29. The molecule has 0 unspecified atom stereocenters. The SMILES string of the molecule is Cc1c(-n2cc(Cn3cc(/C=C4\SC(=O)N(Cc5ccccc5Cl)C4=O)c4ccccc43)nn2)cccc1[N+](=O)[O-]. The zero-order valence-electron chi connectivity index (χ0n) is 21.6. The number of carbonyl (C=O) groups excluding carboxylic acids is 2. The average Bonchev–Trinajstić information content (AvgIpc) is 3.63. The molecule has 0 bridgehead atoms. The largest absolute Gasteiger partial charge is 0.341 e. The van der Waals surface area contributed by atoms with Crippen LogP contribution in [0.15, 0.2) is 84.0 Å². The van der Waals surface area contributed by atoms with Gasteiger partial charge in [-0.05, 0) is 48.5 Å². The molecule has 2 amide bonds. The van der Waals surface area contributed by atoms with E-state index in [-0.39, 0.29) is 23.4 Å². The number of nitro groups is 1. The predicted octanol–water partition coefficient (Wildman–Crippen LogP) is 6.38. The fraction of sp³-hybridized carbons (Fsp3) is 0.103. The van der Waals surface area contributed by atoms with E-state index in [2.05, 4.69) is 10.3 Å². The Labute approximate surface area is 243 Å². The van der Waals surface area contributed by atoms with Crippen LogP contribution in [0.25, 0.3) is 22.7 Å². The first-order chi connectivity index (χ1) is 19.8. The molecule has 5 aromatic rings. The molecule has 41 heavy (non-hydrogen) atoms. The minimum absolute atomic E-state index is 0.0110. The number of aromatic nitrogens is 4. The summed E-state index contributed by atoms with van der Waals surface area (Å²) in [5, 5.41) is 20.9. The number of fused-ring (bicyclic) bond motifs is 1. The fourth-order valence-electron chi connectivity index (χ4n) is 4.82. The molecule has 6 rings (SSSR count). The number of thioether (sulfide) groups is 1. The van der Waals surface area contributed by atoms with E-state index in [1.165, 1.54) is 15.6 Å². The maximum atomic E-state index is 13.2. The van der Waals surface area contributed by atoms with Crippen molar-refractivity contribution in [3.8, 4) is 5.69 Å². The number of nitrogens with zero attached hydrogens (tertiary/aromatic N) is 6. The quantitative estimate of drug-likeness (QED) is 0.124. The van der Waals surface area contributed by atoms with Crippen molar-refractivity contribution in [2.45, 2.75) is 20.0 Å². The molecule has 0 saturated carbocycles. The molecule has 3 heterocycles. The Hall–Kier alpha value is -4.74. The molecule has 0 radical (unpaired) electrons. The van der Waals surface area contributed by atoms with Gasteiger partial charge in [-0.2, -0.15) is 0 Å². The molecule has 10 nitrogen and oxygen atoms in total. The van der Waals surface area contributed by atoms with Gasteiger partial charge in [-0.15, -0.1) is 5.10 Å². The van der Waals surface area contributed by atoms with Crippen LogP contribution < -0.4 is 0 Å². The normalized spacial score (nSPS) is 14.5. The zero-order valence-corrected chi connectivity index (χ0v) is 23.2. The number of imide groups is 1. The number of nitro benzene ring substituents is 1. The highest BCUT2D eigenvalue weighted by molar-refractivity contribution is 8.18. The van der Waals surface area contributed by atoms with Crippen LogP contribution in [0.2, 0.25) is 5.02 Å². The highest BCUT2D eigenvalue weighted by Crippen LogP contribution is 2.36. The topological polar surface area (TPSA) is 116 Å². The summed E-state index contributed by atoms with van der Waals surface area (Å²) in [5.41, 5.74) is 4.11. The van der Waals surface area contributed by atoms with E-state index < -0.39 is 4.92 Å². The van der Waals surface area contributed by atoms with E-state index in [0.29, 0.717) is 39.0 Å². The summed E-state index contributed by atoms with van der Waals surface area (Å²) in [6.45, 7) is 2.15. The lowest BCUT2D eigenvalue weighted by atomic mass is 10.1. The third-order valence-corrected chi connectivity index (χ3v) is 8.14. The van der Waals surface area contributed by atoms with Gasteiger partial charge >= 0.3 is 0 Å². The molecule has 1 fully saturated rings. The smallest absolute Gasteiger partial charge is 0.293 e. The number of hydrogen-bond acceptors (Lipinski definition) is 7. The lowest BCUT2D eigenvalue weighted by Gasteiger charge is -2.13. The number of carbonyl (C=O) groups is 2. The van der Waals surface area contributed by atoms with Crippen molar-refractivity contribution >= 4 is 57.2 Å². The van der Waals surface area contributed by atoms with Crippen molar-refractivity contribution < 1.29 is 14.5 Å². The number of halogens is 1. The van der Waals surface area contributed by atoms with Gasteiger partial charge < -0.3 is 4.57 Å². The van der Waals surface area contributed by atoms with Gasteiger partial charge in [-0.1, -0.05) is 59.3 Å². The second-order valence-corrected chi connectivity index (χ2v) is 10.8. The number of hydrogen-bond donors (Lipinski definition) is 0. The molecule has 0 atom stereocenters. The summed E-state index contributed by atoms with van der Waals surface area (Å²) in [6, 6.07) is 19.7. The monoisotopic (exact) mass is 584 g/mol. The number of amides is 2. The Bertz CT molecular complexity index is 1900. The van der Waals surface area contributed by atoms with Crippen LogP contribution in [0.5, 0.6) is 0 Å². The van der Waals surface area contributed by atoms with Crippen molar-refractivity contribution in [1.82, 2.24) is 24.5 Å². The van der Waals surface area contributed by atoms with Gasteiger partial charge in [0.1, 0.15) is 5.69 Å². The first-order valence-electron chi connectivity index (χ1n) is 12.5. The Morgan fingerprint density at radius 2 is 1.78 bits per heavy atom. The summed E-state index contributed by atoms with van der Waals surface area (Å²) in [7, 11) is 0. The first kappa shape index (κ1) is 26.5. The zero-order chi connectivity index (χ0) is 28.7. The molecule has 0 N–H and O–H groups in total. The van der Waals surface area contributed by atoms with Gasteiger partial charge in [0.2, 0.25) is 0 Å². The minimum atomic E-state index is -0.421. The number of benzene rings is 3. The maximum absolute atomic E-state index is 13.2. The van der Waals surface area contributed by atoms with Crippen LogP contribution in [0.1, 0.15) is 22.4 Å². The molecule has 1 saturated heterocycles. The molecule has 1 aliphatic heterocycles. The molecule has 0 spiro atoms. The van der Waals surface area contributed by atoms with E-state index >= 15 is 0 Å². The summed E-state index contributed by atoms with van der Waals surface area (Å²) in [6.07, 6.45) is 5.38. The average molecular weight is 585 g/mol. The Morgan fingerprint density at radius 1 is 1.00 bits per heavy atom. The maximum Gasteiger partial charge on any atom is 0.293 e. The van der Waals surface area contributed by atoms with Gasteiger partial charge in [-0.3, -0.25) is 24.6 Å². The Morgan fingerprint density at radius 3 is 2.59 bits per heavy atom. The third kappa shape index (κ3) is 5.01. The summed E-state index contributed by atoms with van der Waals surface area (Å²) < 4.78 is 3.52. The van der Waals surface area contributed by atoms with Crippen molar-refractivity contribution in [2.75, 3.05) is 0 Å². The second kappa shape index (κ2) is 10.7. The predicted molar refractivity (Wildman–Crippen MR) is 157 cm³/mol. The van der Waals surface area contributed by atoms with Gasteiger partial charge in [0, 0.05) is 33.8 Å². The molecule has 3 aromatic carbocycles. The van der Waals surface area contributed by atoms with Crippen LogP contribution >= 0.6 is 23.4 Å². The highest BCUT2D eigenvalue weighted by atomic mass is 35.5. The van der Waals surface area contributed by atoms with Gasteiger partial charge in [0.15, 0.2) is 0 Å². The van der Waals surface area contributed by atoms with Crippen LogP contribution in [-0.2, 0) is 17.9 Å².